The Morgan fingerprint density at radius 2 is 1.01 bits per heavy atom. The Hall–Kier alpha value is -5.59. The predicted molar refractivity (Wildman–Crippen MR) is 321 cm³/mol. The van der Waals surface area contributed by atoms with Gasteiger partial charge in [0.25, 0.3) is 0 Å². The van der Waals surface area contributed by atoms with Gasteiger partial charge in [-0.15, -0.1) is 41.1 Å². The van der Waals surface area contributed by atoms with Crippen molar-refractivity contribution in [3.05, 3.63) is 153 Å². The van der Waals surface area contributed by atoms with Gasteiger partial charge in [0.1, 0.15) is 19.8 Å². The first kappa shape index (κ1) is 66.4. The van der Waals surface area contributed by atoms with Gasteiger partial charge in [0.05, 0.1) is 20.8 Å². The summed E-state index contributed by atoms with van der Waals surface area (Å²) < 4.78 is 3.44. The van der Waals surface area contributed by atoms with Crippen LogP contribution in [-0.4, -0.2) is 75.5 Å². The second-order valence-electron chi connectivity index (χ2n) is 17.9. The fourth-order valence-electron chi connectivity index (χ4n) is 7.26. The molecule has 72 heavy (non-hydrogen) atoms. The van der Waals surface area contributed by atoms with Gasteiger partial charge >= 0.3 is 0 Å². The molecule has 5 aromatic rings. The molecule has 0 amide bonds. The van der Waals surface area contributed by atoms with Crippen molar-refractivity contribution < 1.29 is 12.4 Å². The fourth-order valence-corrected chi connectivity index (χ4v) is 8.40. The number of nitrogen functional groups attached to an aromatic ring is 2. The van der Waals surface area contributed by atoms with Crippen molar-refractivity contribution in [1.29, 1.82) is 0 Å². The zero-order valence-electron chi connectivity index (χ0n) is 45.9. The van der Waals surface area contributed by atoms with Gasteiger partial charge in [-0.3, -0.25) is 0 Å². The highest BCUT2D eigenvalue weighted by Crippen LogP contribution is 2.36. The van der Waals surface area contributed by atoms with Crippen LogP contribution in [0.1, 0.15) is 74.9 Å². The lowest BCUT2D eigenvalue weighted by Crippen LogP contribution is -3.00. The third-order valence-corrected chi connectivity index (χ3v) is 12.9. The number of rotatable bonds is 11. The number of aromatic nitrogens is 1. The number of nitroso groups, excluding NO2 is 1. The number of nitrogens with two attached hydrogens (primary N) is 2. The Morgan fingerprint density at radius 3 is 1.49 bits per heavy atom. The summed E-state index contributed by atoms with van der Waals surface area (Å²) in [5.41, 5.74) is 28.4. The predicted octanol–water partition coefficient (Wildman–Crippen LogP) is 10.2. The molecule has 0 spiro atoms. The molecule has 1 aliphatic heterocycles. The molecule has 394 valence electrons. The first-order valence-electron chi connectivity index (χ1n) is 24.2. The number of halogens is 3. The minimum atomic E-state index is 0. The van der Waals surface area contributed by atoms with E-state index in [1.54, 1.807) is 6.07 Å². The van der Waals surface area contributed by atoms with Crippen LogP contribution in [-0.2, 0) is 38.5 Å². The third-order valence-electron chi connectivity index (χ3n) is 11.8. The lowest BCUT2D eigenvalue weighted by Gasteiger charge is -2.17. The summed E-state index contributed by atoms with van der Waals surface area (Å²) in [6.07, 6.45) is 6.00. The summed E-state index contributed by atoms with van der Waals surface area (Å²) in [5.74, 6) is 0. The molecule has 2 aliphatic rings. The van der Waals surface area contributed by atoms with Gasteiger partial charge in [-0.1, -0.05) is 65.8 Å². The standard InChI is InChI=1S/C20H26N3S.C10H14N2O.C10H16N2.C10H15N.C8H11N.3ClH/c1-7-13-9-15(22(3)4)11-17-19(13)21-20-14(8-2)10-16(23(5)6)12-18(20)24-17;1-4-8-7-9(12(2)3)5-6-10(8)11-13;1-4-8-7-9(12(2)3)5-6-10(8)11;1-4-9-6-5-7-10(8-9)11(2)3;1-2-7-4-3-5-8(9)6-7;;;/h9-12H,7-8H2,1-6H3;5-7H,4H2,1-3H3;5-7H,4,11H2,1-3H3;5-8H,4H2,1-3H3;3-6H,2,9H2,1H3;3*1H/q+1;;;;;;;/p-1. The summed E-state index contributed by atoms with van der Waals surface area (Å²) >= 11 is 1.86. The molecule has 0 fully saturated rings. The minimum Gasteiger partial charge on any atom is -1.00 e. The maximum atomic E-state index is 10.4. The summed E-state index contributed by atoms with van der Waals surface area (Å²) in [7, 11) is 20.5. The average molecular weight is 1060 g/mol. The molecule has 0 radical (unpaired) electrons. The number of hydrogen-bond acceptors (Lipinski definition) is 10. The molecule has 0 unspecified atom stereocenters. The molecular formula is C58H84Cl3N9OS. The number of hydrogen-bond donors (Lipinski definition) is 2. The van der Waals surface area contributed by atoms with Crippen LogP contribution in [0.4, 0.5) is 39.8 Å². The van der Waals surface area contributed by atoms with Gasteiger partial charge < -0.3 is 43.5 Å². The molecule has 14 heteroatoms. The number of fused-ring (bicyclic) bond motifs is 2. The molecule has 4 N–H and O–H groups in total. The topological polar surface area (TPSA) is 110 Å². The lowest BCUT2D eigenvalue weighted by molar-refractivity contribution is -0.0000150. The Morgan fingerprint density at radius 1 is 0.528 bits per heavy atom. The molecule has 10 nitrogen and oxygen atoms in total. The van der Waals surface area contributed by atoms with Crippen molar-refractivity contribution in [3.8, 4) is 10.6 Å². The highest BCUT2D eigenvalue weighted by molar-refractivity contribution is 7.21. The van der Waals surface area contributed by atoms with Crippen LogP contribution in [0.15, 0.2) is 114 Å². The number of benzene rings is 6. The van der Waals surface area contributed by atoms with E-state index in [4.69, 9.17) is 16.5 Å². The molecule has 0 aromatic heterocycles. The molecule has 0 bridgehead atoms. The Labute approximate surface area is 455 Å². The van der Waals surface area contributed by atoms with Crippen LogP contribution in [0.5, 0.6) is 0 Å². The Bertz CT molecular complexity index is 2750. The molecule has 0 atom stereocenters. The zero-order chi connectivity index (χ0) is 51.4. The van der Waals surface area contributed by atoms with E-state index in [1.807, 2.05) is 93.8 Å². The van der Waals surface area contributed by atoms with E-state index < -0.39 is 0 Å². The molecular weight excluding hydrogens is 977 g/mol. The van der Waals surface area contributed by atoms with Crippen LogP contribution in [0.25, 0.3) is 20.8 Å². The van der Waals surface area contributed by atoms with Crippen molar-refractivity contribution in [1.82, 2.24) is 9.56 Å². The monoisotopic (exact) mass is 1060 g/mol. The smallest absolute Gasteiger partial charge is 0.201 e. The maximum Gasteiger partial charge on any atom is 0.201 e. The first-order chi connectivity index (χ1) is 32.8. The Kier molecular flexibility index (Phi) is 30.6. The normalized spacial score (nSPS) is 9.83. The minimum absolute atomic E-state index is 0. The molecule has 1 aliphatic carbocycles. The van der Waals surface area contributed by atoms with E-state index in [-0.39, 0.29) is 37.2 Å². The summed E-state index contributed by atoms with van der Waals surface area (Å²) in [6.45, 7) is 12.8. The van der Waals surface area contributed by atoms with Crippen LogP contribution >= 0.6 is 36.2 Å². The lowest BCUT2D eigenvalue weighted by atomic mass is 10.1. The number of nitrogens with zero attached hydrogens (tertiary/aromatic N) is 7. The molecule has 0 saturated heterocycles. The van der Waals surface area contributed by atoms with Gasteiger partial charge in [0.15, 0.2) is 0 Å². The zero-order valence-corrected chi connectivity index (χ0v) is 49.1. The van der Waals surface area contributed by atoms with E-state index in [0.29, 0.717) is 5.69 Å². The molecule has 1 heterocycles. The van der Waals surface area contributed by atoms with E-state index >= 15 is 0 Å². The van der Waals surface area contributed by atoms with E-state index in [0.717, 1.165) is 72.4 Å². The van der Waals surface area contributed by atoms with Gasteiger partial charge in [-0.05, 0) is 150 Å². The number of aryl methyl sites for hydroxylation is 6. The van der Waals surface area contributed by atoms with Crippen LogP contribution < -0.4 is 53.4 Å². The van der Waals surface area contributed by atoms with Gasteiger partial charge in [0.2, 0.25) is 5.36 Å². The summed E-state index contributed by atoms with van der Waals surface area (Å²) in [5, 5.41) is 4.22. The van der Waals surface area contributed by atoms with Gasteiger partial charge in [-0.2, -0.15) is 0 Å². The molecule has 0 saturated carbocycles. The summed E-state index contributed by atoms with van der Waals surface area (Å²) in [4.78, 5) is 25.1. The maximum absolute atomic E-state index is 10.4. The number of anilines is 6. The summed E-state index contributed by atoms with van der Waals surface area (Å²) in [6, 6.07) is 37.4. The average Bonchev–Trinajstić information content (AvgIpc) is 3.35. The SMILES string of the molecule is CCc1cc(=[N+](C)C)cc2sc3cc(N(C)C)cc(CC)c3nc1-2.CCc1cc(N(C)C)ccc1N.CCc1cc(N(C)C)ccc1N=O.CCc1cccc(N(C)C)c1.CCc1cccc(N)c1.Cl.Cl.[Cl-]. The highest BCUT2D eigenvalue weighted by Gasteiger charge is 2.16. The van der Waals surface area contributed by atoms with Crippen molar-refractivity contribution >= 4 is 86.2 Å². The Balaban J connectivity index is 0.000000912. The van der Waals surface area contributed by atoms with E-state index in [2.05, 4.69) is 162 Å². The fraction of sp³-hybridized carbons (Fsp3) is 0.379. The molecule has 7 rings (SSSR count). The van der Waals surface area contributed by atoms with Crippen LogP contribution in [0.3, 0.4) is 0 Å². The van der Waals surface area contributed by atoms with Crippen molar-refractivity contribution in [2.75, 3.05) is 102 Å². The third kappa shape index (κ3) is 19.8. The second kappa shape index (κ2) is 33.2. The van der Waals surface area contributed by atoms with Gasteiger partial charge in [-0.25, -0.2) is 9.56 Å². The van der Waals surface area contributed by atoms with Crippen LogP contribution in [0.2, 0.25) is 0 Å². The van der Waals surface area contributed by atoms with Crippen molar-refractivity contribution in [3.63, 3.8) is 0 Å². The van der Waals surface area contributed by atoms with E-state index in [1.165, 1.54) is 59.8 Å². The van der Waals surface area contributed by atoms with Crippen LogP contribution in [0, 0.1) is 4.91 Å². The van der Waals surface area contributed by atoms with E-state index in [9.17, 15) is 4.91 Å². The second-order valence-corrected chi connectivity index (χ2v) is 19.0. The first-order valence-corrected chi connectivity index (χ1v) is 25.0. The largest absolute Gasteiger partial charge is 1.00 e. The molecule has 5 aromatic carbocycles. The van der Waals surface area contributed by atoms with Crippen molar-refractivity contribution in [2.45, 2.75) is 80.1 Å². The quantitative estimate of drug-likeness (QED) is 0.0571. The van der Waals surface area contributed by atoms with Gasteiger partial charge in [0, 0.05) is 103 Å². The highest BCUT2D eigenvalue weighted by atomic mass is 35.5. The van der Waals surface area contributed by atoms with Crippen molar-refractivity contribution in [2.24, 2.45) is 5.18 Å².